The minimum atomic E-state index is -4.03. The van der Waals surface area contributed by atoms with Crippen LogP contribution in [0.5, 0.6) is 0 Å². The van der Waals surface area contributed by atoms with Crippen LogP contribution in [0.15, 0.2) is 41.3 Å². The number of ether oxygens (including phenoxy) is 2. The Morgan fingerprint density at radius 1 is 1.18 bits per heavy atom. The van der Waals surface area contributed by atoms with Gasteiger partial charge in [0, 0.05) is 25.2 Å². The largest absolute Gasteiger partial charge is 0.468 e. The minimum Gasteiger partial charge on any atom is -0.468 e. The molecule has 0 N–H and O–H groups in total. The van der Waals surface area contributed by atoms with Crippen molar-refractivity contribution >= 4 is 27.6 Å². The van der Waals surface area contributed by atoms with Crippen molar-refractivity contribution in [2.45, 2.75) is 17.7 Å². The molecule has 28 heavy (non-hydrogen) atoms. The van der Waals surface area contributed by atoms with Crippen LogP contribution in [0.4, 0.5) is 5.69 Å². The minimum absolute atomic E-state index is 0.0164. The number of methoxy groups -OCH3 is 2. The standard InChI is InChI=1S/C17H20N2O8S/c1-12-11-18(10-4-9-17(12,15(20)26-2)16(21)27-3)28(24,25)14-7-5-13(6-8-14)19(22)23/h5-8H,1,4,9-11H2,2-3H3. The van der Waals surface area contributed by atoms with E-state index in [9.17, 15) is 28.1 Å². The molecule has 0 saturated carbocycles. The fourth-order valence-electron chi connectivity index (χ4n) is 3.14. The van der Waals surface area contributed by atoms with Crippen molar-refractivity contribution in [3.63, 3.8) is 0 Å². The maximum atomic E-state index is 12.9. The summed E-state index contributed by atoms with van der Waals surface area (Å²) in [6.45, 7) is 3.48. The van der Waals surface area contributed by atoms with Crippen LogP contribution in [-0.2, 0) is 29.1 Å². The second-order valence-corrected chi connectivity index (χ2v) is 8.12. The molecule has 0 radical (unpaired) electrons. The predicted octanol–water partition coefficient (Wildman–Crippen LogP) is 1.27. The van der Waals surface area contributed by atoms with E-state index in [1.165, 1.54) is 0 Å². The fraction of sp³-hybridized carbons (Fsp3) is 0.412. The molecule has 1 aliphatic rings. The van der Waals surface area contributed by atoms with E-state index in [-0.39, 0.29) is 42.1 Å². The third-order valence-electron chi connectivity index (χ3n) is 4.68. The molecule has 152 valence electrons. The van der Waals surface area contributed by atoms with Crippen LogP contribution in [0.25, 0.3) is 0 Å². The third-order valence-corrected chi connectivity index (χ3v) is 6.54. The first kappa shape index (κ1) is 21.5. The number of nitrogens with zero attached hydrogens (tertiary/aromatic N) is 2. The molecule has 1 saturated heterocycles. The van der Waals surface area contributed by atoms with Crippen molar-refractivity contribution in [2.24, 2.45) is 5.41 Å². The van der Waals surface area contributed by atoms with Gasteiger partial charge < -0.3 is 9.47 Å². The fourth-order valence-corrected chi connectivity index (χ4v) is 4.62. The van der Waals surface area contributed by atoms with Crippen LogP contribution >= 0.6 is 0 Å². The predicted molar refractivity (Wildman–Crippen MR) is 96.7 cm³/mol. The van der Waals surface area contributed by atoms with Gasteiger partial charge in [-0.15, -0.1) is 0 Å². The maximum Gasteiger partial charge on any atom is 0.327 e. The molecule has 1 fully saturated rings. The van der Waals surface area contributed by atoms with E-state index in [2.05, 4.69) is 6.58 Å². The summed E-state index contributed by atoms with van der Waals surface area (Å²) in [6, 6.07) is 4.45. The number of non-ortho nitro benzene ring substituents is 1. The highest BCUT2D eigenvalue weighted by Gasteiger charge is 2.52. The number of benzene rings is 1. The Kier molecular flexibility index (Phi) is 6.20. The molecule has 1 heterocycles. The van der Waals surface area contributed by atoms with Gasteiger partial charge in [-0.3, -0.25) is 19.7 Å². The van der Waals surface area contributed by atoms with E-state index in [1.807, 2.05) is 0 Å². The first-order valence-electron chi connectivity index (χ1n) is 8.21. The van der Waals surface area contributed by atoms with Crippen LogP contribution in [0.3, 0.4) is 0 Å². The number of nitro groups is 1. The van der Waals surface area contributed by atoms with E-state index in [0.29, 0.717) is 0 Å². The molecular formula is C17H20N2O8S. The summed E-state index contributed by atoms with van der Waals surface area (Å²) in [4.78, 5) is 34.7. The molecule has 0 aromatic heterocycles. The Labute approximate surface area is 161 Å². The molecule has 1 aromatic carbocycles. The van der Waals surface area contributed by atoms with Crippen molar-refractivity contribution in [1.29, 1.82) is 0 Å². The average Bonchev–Trinajstić information content (AvgIpc) is 2.86. The zero-order valence-electron chi connectivity index (χ0n) is 15.4. The first-order chi connectivity index (χ1) is 13.1. The van der Waals surface area contributed by atoms with Gasteiger partial charge in [0.15, 0.2) is 5.41 Å². The van der Waals surface area contributed by atoms with Crippen LogP contribution in [0.1, 0.15) is 12.8 Å². The number of sulfonamides is 1. The van der Waals surface area contributed by atoms with Crippen LogP contribution in [-0.4, -0.2) is 56.9 Å². The van der Waals surface area contributed by atoms with Crippen molar-refractivity contribution in [2.75, 3.05) is 27.3 Å². The second kappa shape index (κ2) is 8.07. The number of nitro benzene ring substituents is 1. The van der Waals surface area contributed by atoms with E-state index < -0.39 is 32.3 Å². The number of carbonyl (C=O) groups excluding carboxylic acids is 2. The summed E-state index contributed by atoms with van der Waals surface area (Å²) in [7, 11) is -1.79. The van der Waals surface area contributed by atoms with Gasteiger partial charge in [0.2, 0.25) is 10.0 Å². The number of hydrogen-bond acceptors (Lipinski definition) is 8. The Hall–Kier alpha value is -2.79. The van der Waals surface area contributed by atoms with Crippen molar-refractivity contribution in [3.8, 4) is 0 Å². The van der Waals surface area contributed by atoms with E-state index in [1.54, 1.807) is 0 Å². The molecular weight excluding hydrogens is 392 g/mol. The molecule has 10 nitrogen and oxygen atoms in total. The van der Waals surface area contributed by atoms with Crippen LogP contribution in [0, 0.1) is 15.5 Å². The van der Waals surface area contributed by atoms with Crippen LogP contribution in [0.2, 0.25) is 0 Å². The zero-order chi connectivity index (χ0) is 21.1. The highest BCUT2D eigenvalue weighted by atomic mass is 32.2. The van der Waals surface area contributed by atoms with Crippen molar-refractivity contribution in [3.05, 3.63) is 46.5 Å². The quantitative estimate of drug-likeness (QED) is 0.232. The Bertz CT molecular complexity index is 892. The number of hydrogen-bond donors (Lipinski definition) is 0. The van der Waals surface area contributed by atoms with Crippen LogP contribution < -0.4 is 0 Å². The lowest BCUT2D eigenvalue weighted by Gasteiger charge is -2.29. The summed E-state index contributed by atoms with van der Waals surface area (Å²) in [5, 5.41) is 10.8. The van der Waals surface area contributed by atoms with Gasteiger partial charge in [0.1, 0.15) is 0 Å². The first-order valence-corrected chi connectivity index (χ1v) is 9.65. The molecule has 1 aromatic rings. The summed E-state index contributed by atoms with van der Waals surface area (Å²) in [5.41, 5.74) is -1.99. The highest BCUT2D eigenvalue weighted by molar-refractivity contribution is 7.89. The van der Waals surface area contributed by atoms with E-state index in [4.69, 9.17) is 9.47 Å². The molecule has 0 bridgehead atoms. The topological polar surface area (TPSA) is 133 Å². The number of rotatable bonds is 5. The van der Waals surface area contributed by atoms with E-state index >= 15 is 0 Å². The number of carbonyl (C=O) groups is 2. The van der Waals surface area contributed by atoms with Gasteiger partial charge >= 0.3 is 11.9 Å². The molecule has 0 spiro atoms. The normalized spacial score (nSPS) is 17.4. The van der Waals surface area contributed by atoms with Gasteiger partial charge in [-0.05, 0) is 30.5 Å². The summed E-state index contributed by atoms with van der Waals surface area (Å²) in [6.07, 6.45) is 0.160. The lowest BCUT2D eigenvalue weighted by molar-refractivity contribution is -0.384. The van der Waals surface area contributed by atoms with Crippen molar-refractivity contribution < 1.29 is 32.4 Å². The molecule has 0 unspecified atom stereocenters. The molecule has 11 heteroatoms. The summed E-state index contributed by atoms with van der Waals surface area (Å²) in [5.74, 6) is -1.72. The van der Waals surface area contributed by atoms with Gasteiger partial charge in [0.05, 0.1) is 24.0 Å². The SMILES string of the molecule is C=C1CN(S(=O)(=O)c2ccc([N+](=O)[O-])cc2)CCCC1(C(=O)OC)C(=O)OC. The van der Waals surface area contributed by atoms with Gasteiger partial charge in [0.25, 0.3) is 5.69 Å². The second-order valence-electron chi connectivity index (χ2n) is 6.19. The Morgan fingerprint density at radius 3 is 2.18 bits per heavy atom. The van der Waals surface area contributed by atoms with Gasteiger partial charge in [-0.25, -0.2) is 8.42 Å². The molecule has 2 rings (SSSR count). The summed E-state index contributed by atoms with van der Waals surface area (Å²) >= 11 is 0. The number of esters is 2. The molecule has 0 atom stereocenters. The Morgan fingerprint density at radius 2 is 1.71 bits per heavy atom. The highest BCUT2D eigenvalue weighted by Crippen LogP contribution is 2.39. The lowest BCUT2D eigenvalue weighted by Crippen LogP contribution is -2.44. The van der Waals surface area contributed by atoms with Gasteiger partial charge in [-0.2, -0.15) is 4.31 Å². The maximum absolute atomic E-state index is 12.9. The van der Waals surface area contributed by atoms with E-state index in [0.717, 1.165) is 42.8 Å². The lowest BCUT2D eigenvalue weighted by atomic mass is 9.77. The average molecular weight is 412 g/mol. The monoisotopic (exact) mass is 412 g/mol. The molecule has 1 aliphatic heterocycles. The molecule has 0 aliphatic carbocycles. The Balaban J connectivity index is 2.39. The smallest absolute Gasteiger partial charge is 0.327 e. The van der Waals surface area contributed by atoms with Crippen molar-refractivity contribution in [1.82, 2.24) is 4.31 Å². The van der Waals surface area contributed by atoms with Gasteiger partial charge in [-0.1, -0.05) is 6.58 Å². The summed E-state index contributed by atoms with van der Waals surface area (Å²) < 4.78 is 36.5. The zero-order valence-corrected chi connectivity index (χ0v) is 16.2. The molecule has 0 amide bonds. The third kappa shape index (κ3) is 3.62.